The number of nitrogens with zero attached hydrogens (tertiary/aromatic N) is 12. The number of hydrogen-bond donors (Lipinski definition) is 0. The molecule has 39 nitrogen and oxygen atoms in total. The minimum absolute atomic E-state index is 0. The average molecular weight is 1880 g/mol. The minimum Gasteiger partial charge on any atom is -0.549 e. The predicted octanol–water partition coefficient (Wildman–Crippen LogP) is -24.1. The molecule has 0 bridgehead atoms. The van der Waals surface area contributed by atoms with Crippen molar-refractivity contribution in [3.8, 4) is 0 Å². The Hall–Kier alpha value is -3.01. The van der Waals surface area contributed by atoms with E-state index >= 15 is 0 Å². The van der Waals surface area contributed by atoms with E-state index in [1.165, 1.54) is 71.7 Å². The van der Waals surface area contributed by atoms with E-state index in [0.29, 0.717) is 0 Å². The third-order valence-electron chi connectivity index (χ3n) is 11.2. The van der Waals surface area contributed by atoms with Crippen LogP contribution in [0.4, 0.5) is 0 Å². The first-order valence-electron chi connectivity index (χ1n) is 25.7. The van der Waals surface area contributed by atoms with E-state index in [1.807, 2.05) is 0 Å². The molecule has 0 saturated carbocycles. The van der Waals surface area contributed by atoms with E-state index in [1.54, 1.807) is 0 Å². The van der Waals surface area contributed by atoms with Crippen molar-refractivity contribution in [2.75, 3.05) is 219 Å². The van der Waals surface area contributed by atoms with Crippen LogP contribution in [-0.4, -0.2) is 367 Å². The Morgan fingerprint density at radius 2 is 0.264 bits per heavy atom. The Morgan fingerprint density at radius 1 is 0.176 bits per heavy atom. The Morgan fingerprint density at radius 3 is 0.341 bits per heavy atom. The Labute approximate surface area is 652 Å². The maximum absolute atomic E-state index is 12.0. The minimum atomic E-state index is -1.49. The smallest absolute Gasteiger partial charge is 0.549 e. The van der Waals surface area contributed by atoms with E-state index in [9.17, 15) is 133 Å². The molecule has 0 atom stereocenters. The summed E-state index contributed by atoms with van der Waals surface area (Å²) in [6.45, 7) is -8.47. The molecule has 0 fully saturated rings. The molecule has 0 unspecified atom stereocenters. The Bertz CT molecular complexity index is 1840. The monoisotopic (exact) mass is 1880 g/mol. The zero-order valence-corrected chi connectivity index (χ0v) is 59.5. The van der Waals surface area contributed by atoms with Crippen molar-refractivity contribution in [3.63, 3.8) is 0 Å². The third kappa shape index (κ3) is 64.1. The predicted molar refractivity (Wildman–Crippen MR) is 264 cm³/mol. The molecule has 0 rings (SSSR count). The molecular formula is C48H72Gd4N12O27. The Kier molecular flexibility index (Phi) is 65.1. The maximum Gasteiger partial charge on any atom is 3.00 e. The van der Waals surface area contributed by atoms with Crippen LogP contribution in [0.25, 0.3) is 0 Å². The number of likely N-dealkylation sites (N-methyl/N-ethyl adjacent to an activating group) is 3. The van der Waals surface area contributed by atoms with Gasteiger partial charge in [0.25, 0.3) is 0 Å². The van der Waals surface area contributed by atoms with Gasteiger partial charge in [-0.05, 0) is 0 Å². The van der Waals surface area contributed by atoms with Crippen LogP contribution in [-0.2, 0) is 71.9 Å². The molecule has 0 saturated heterocycles. The summed E-state index contributed by atoms with van der Waals surface area (Å²) in [5.41, 5.74) is 0. The van der Waals surface area contributed by atoms with Gasteiger partial charge in [0.1, 0.15) is 0 Å². The summed E-state index contributed by atoms with van der Waals surface area (Å²) in [6, 6.07) is 0. The van der Waals surface area contributed by atoms with Gasteiger partial charge in [-0.1, -0.05) is 0 Å². The molecular weight excluding hydrogens is 1810 g/mol. The van der Waals surface area contributed by atoms with Crippen LogP contribution < -0.4 is 61.3 Å². The van der Waals surface area contributed by atoms with Gasteiger partial charge < -0.3 is 134 Å². The van der Waals surface area contributed by atoms with Gasteiger partial charge in [-0.15, -0.1) is 0 Å². The molecule has 3 amide bonds. The summed E-state index contributed by atoms with van der Waals surface area (Å²) in [4.78, 5) is 180. The summed E-state index contributed by atoms with van der Waals surface area (Å²) in [7, 11) is 9.07. The second-order valence-corrected chi connectivity index (χ2v) is 19.4. The van der Waals surface area contributed by atoms with Crippen LogP contribution in [0.2, 0.25) is 0 Å². The number of carboxylic acid groups (broad SMARTS) is 12. The van der Waals surface area contributed by atoms with Gasteiger partial charge in [0.05, 0.1) is 91.3 Å². The number of hydrogen-bond acceptors (Lipinski definition) is 36. The number of amides is 3. The number of carbonyl (C=O) groups is 15. The van der Waals surface area contributed by atoms with Crippen LogP contribution in [0.5, 0.6) is 0 Å². The van der Waals surface area contributed by atoms with Gasteiger partial charge in [0.2, 0.25) is 17.7 Å². The topological polar surface area (TPSA) is 572 Å². The van der Waals surface area contributed by atoms with E-state index in [4.69, 9.17) is 0 Å². The normalized spacial score (nSPS) is 10.6. The molecule has 0 aromatic heterocycles. The summed E-state index contributed by atoms with van der Waals surface area (Å²) in [6.07, 6.45) is 0. The van der Waals surface area contributed by atoms with Gasteiger partial charge in [0.15, 0.2) is 0 Å². The van der Waals surface area contributed by atoms with Crippen molar-refractivity contribution in [1.29, 1.82) is 0 Å². The van der Waals surface area contributed by atoms with Gasteiger partial charge in [0, 0.05) is 199 Å². The molecule has 0 N–H and O–H groups in total. The van der Waals surface area contributed by atoms with Crippen LogP contribution in [0.15, 0.2) is 0 Å². The summed E-state index contributed by atoms with van der Waals surface area (Å²) < 4.78 is 0. The fourth-order valence-electron chi connectivity index (χ4n) is 6.98. The summed E-state index contributed by atoms with van der Waals surface area (Å²) in [5, 5.41) is 129. The number of aliphatic carboxylic acids is 12. The SMILES string of the molecule is CN(C)C(=O)CN(CCN(CC(=O)[O-])CC(=O)[O-])CCN(CC(=O)[O-])CC(=O)[O-].CN(C)C(=O)CN(CCN(CC(=O)[O-])CC(=O)[O-])CCN(CC(=O)[O-])CC(=O)[O-].CN(C)C(=O)CN(CCN(CC(=O)[O-])CC(=O)[O-])CCN(CC(=O)[O-])CC(=O)[O-].[Gd+3].[Gd+3].[Gd+3].[Gd+3]. The molecule has 4 radical (unpaired) electrons. The van der Waals surface area contributed by atoms with E-state index in [0.717, 1.165) is 29.4 Å². The van der Waals surface area contributed by atoms with Gasteiger partial charge in [-0.3, -0.25) is 58.5 Å². The number of rotatable bonds is 48. The van der Waals surface area contributed by atoms with Crippen LogP contribution in [0.1, 0.15) is 0 Å². The first-order valence-corrected chi connectivity index (χ1v) is 25.7. The molecule has 0 spiro atoms. The van der Waals surface area contributed by atoms with Gasteiger partial charge in [-0.2, -0.15) is 0 Å². The molecule has 0 aliphatic carbocycles. The van der Waals surface area contributed by atoms with Crippen LogP contribution >= 0.6 is 0 Å². The largest absolute Gasteiger partial charge is 3.00 e. The number of carboxylic acids is 12. The first kappa shape index (κ1) is 102. The summed E-state index contributed by atoms with van der Waals surface area (Å²) in [5.74, 6) is -18.8. The van der Waals surface area contributed by atoms with E-state index in [2.05, 4.69) is 0 Å². The van der Waals surface area contributed by atoms with Crippen molar-refractivity contribution in [3.05, 3.63) is 0 Å². The second kappa shape index (κ2) is 58.4. The quantitative estimate of drug-likeness (QED) is 0.0546. The Balaban J connectivity index is -0.000000228. The molecule has 0 heterocycles. The van der Waals surface area contributed by atoms with E-state index < -0.39 is 150 Å². The number of carbonyl (C=O) groups excluding carboxylic acids is 15. The van der Waals surface area contributed by atoms with Crippen molar-refractivity contribution in [2.24, 2.45) is 0 Å². The van der Waals surface area contributed by atoms with Crippen LogP contribution in [0, 0.1) is 160 Å². The fourth-order valence-corrected chi connectivity index (χ4v) is 6.98. The molecule has 0 aliphatic heterocycles. The molecule has 43 heteroatoms. The second-order valence-electron chi connectivity index (χ2n) is 19.4. The molecule has 518 valence electrons. The zero-order chi connectivity index (χ0) is 67.7. The maximum atomic E-state index is 12.0. The fraction of sp³-hybridized carbons (Fsp3) is 0.688. The standard InChI is InChI=1S/3C16H28N4O9.4Gd/c3*1-17(2)12(21)7-18(3-5-19(8-13(22)23)9-14(24)25)4-6-20(10-15(26)27)11-16(28)29;;;;/h3*3-11H2,1-2H3,(H,22,23)(H,24,25)(H,26,27)(H,28,29);;;;/q;;;4*+3/p-12. The third-order valence-corrected chi connectivity index (χ3v) is 11.2. The molecule has 0 aromatic carbocycles. The summed E-state index contributed by atoms with van der Waals surface area (Å²) >= 11 is 0. The van der Waals surface area contributed by atoms with Gasteiger partial charge in [-0.25, -0.2) is 0 Å². The molecule has 0 aliphatic rings. The van der Waals surface area contributed by atoms with Crippen molar-refractivity contribution < 1.29 is 293 Å². The van der Waals surface area contributed by atoms with Crippen molar-refractivity contribution >= 4 is 89.4 Å². The zero-order valence-electron chi connectivity index (χ0n) is 50.4. The van der Waals surface area contributed by atoms with Crippen molar-refractivity contribution in [1.82, 2.24) is 58.8 Å². The molecule has 0 aromatic rings. The van der Waals surface area contributed by atoms with Gasteiger partial charge >= 0.3 is 160 Å². The van der Waals surface area contributed by atoms with E-state index in [-0.39, 0.29) is 276 Å². The van der Waals surface area contributed by atoms with Crippen molar-refractivity contribution in [2.45, 2.75) is 0 Å². The van der Waals surface area contributed by atoms with Crippen LogP contribution in [0.3, 0.4) is 0 Å². The molecule has 91 heavy (non-hydrogen) atoms. The first-order chi connectivity index (χ1) is 40.2. The average Bonchev–Trinajstić information content (AvgIpc) is 3.33.